The summed E-state index contributed by atoms with van der Waals surface area (Å²) in [6.07, 6.45) is 2.46. The number of hydrogen-bond acceptors (Lipinski definition) is 2. The quantitative estimate of drug-likeness (QED) is 0.428. The Morgan fingerprint density at radius 2 is 1.90 bits per heavy atom. The molecule has 1 aromatic rings. The van der Waals surface area contributed by atoms with Crippen LogP contribution in [0.4, 0.5) is 5.69 Å². The molecule has 0 amide bonds. The topological polar surface area (TPSA) is 53.6 Å². The Balaban J connectivity index is 0.00000361. The van der Waals surface area contributed by atoms with Crippen molar-refractivity contribution in [3.05, 3.63) is 29.8 Å². The van der Waals surface area contributed by atoms with Gasteiger partial charge in [0.05, 0.1) is 6.54 Å². The molecular weight excluding hydrogens is 363 g/mol. The van der Waals surface area contributed by atoms with E-state index in [1.165, 1.54) is 18.4 Å². The third-order valence-electron chi connectivity index (χ3n) is 2.98. The molecule has 1 rings (SSSR count). The van der Waals surface area contributed by atoms with Crippen LogP contribution in [0.3, 0.4) is 0 Å². The summed E-state index contributed by atoms with van der Waals surface area (Å²) in [4.78, 5) is 6.62. The summed E-state index contributed by atoms with van der Waals surface area (Å²) in [5.74, 6) is 0.479. The van der Waals surface area contributed by atoms with E-state index in [4.69, 9.17) is 5.73 Å². The molecule has 0 unspecified atom stereocenters. The van der Waals surface area contributed by atoms with Crippen molar-refractivity contribution in [2.75, 3.05) is 32.0 Å². The van der Waals surface area contributed by atoms with Crippen LogP contribution in [0.5, 0.6) is 0 Å². The molecule has 3 N–H and O–H groups in total. The second kappa shape index (κ2) is 10.9. The van der Waals surface area contributed by atoms with Crippen molar-refractivity contribution in [2.24, 2.45) is 10.7 Å². The molecule has 0 heterocycles. The van der Waals surface area contributed by atoms with E-state index < -0.39 is 0 Å². The number of unbranched alkanes of at least 4 members (excludes halogenated alkanes) is 1. The molecule has 0 aliphatic rings. The fraction of sp³-hybridized carbons (Fsp3) is 0.533. The third kappa shape index (κ3) is 8.37. The number of guanidine groups is 1. The lowest BCUT2D eigenvalue weighted by atomic mass is 10.2. The Kier molecular flexibility index (Phi) is 10.5. The molecule has 0 saturated carbocycles. The number of nitrogens with one attached hydrogen (secondary N) is 1. The molecule has 20 heavy (non-hydrogen) atoms. The van der Waals surface area contributed by atoms with Gasteiger partial charge in [-0.2, -0.15) is 0 Å². The van der Waals surface area contributed by atoms with Crippen molar-refractivity contribution < 1.29 is 0 Å². The molecule has 0 radical (unpaired) electrons. The van der Waals surface area contributed by atoms with Crippen LogP contribution < -0.4 is 11.1 Å². The van der Waals surface area contributed by atoms with Crippen LogP contribution in [0.1, 0.15) is 25.3 Å². The van der Waals surface area contributed by atoms with Gasteiger partial charge < -0.3 is 16.0 Å². The fourth-order valence-corrected chi connectivity index (χ4v) is 1.71. The van der Waals surface area contributed by atoms with Crippen LogP contribution in [0.25, 0.3) is 0 Å². The second-order valence-corrected chi connectivity index (χ2v) is 4.91. The van der Waals surface area contributed by atoms with E-state index in [-0.39, 0.29) is 24.0 Å². The summed E-state index contributed by atoms with van der Waals surface area (Å²) < 4.78 is 0. The maximum Gasteiger partial charge on any atom is 0.193 e. The minimum atomic E-state index is 0. The number of nitrogens with two attached hydrogens (primary N) is 1. The first kappa shape index (κ1) is 19.2. The van der Waals surface area contributed by atoms with Crippen molar-refractivity contribution in [1.29, 1.82) is 0 Å². The van der Waals surface area contributed by atoms with Gasteiger partial charge in [-0.25, -0.2) is 0 Å². The number of halogens is 1. The van der Waals surface area contributed by atoms with Gasteiger partial charge in [0.1, 0.15) is 0 Å². The number of benzene rings is 1. The monoisotopic (exact) mass is 390 g/mol. The number of aryl methyl sites for hydroxylation is 1. The average molecular weight is 390 g/mol. The highest BCUT2D eigenvalue weighted by Gasteiger charge is 1.97. The van der Waals surface area contributed by atoms with Crippen molar-refractivity contribution >= 4 is 35.6 Å². The van der Waals surface area contributed by atoms with Crippen LogP contribution in [-0.2, 0) is 0 Å². The first-order valence-corrected chi connectivity index (χ1v) is 6.94. The van der Waals surface area contributed by atoms with Gasteiger partial charge in [0, 0.05) is 12.2 Å². The SMILES string of the molecule is CCCCN(C)CCN=C(N)Nc1ccc(C)cc1.I. The predicted molar refractivity (Wildman–Crippen MR) is 99.1 cm³/mol. The highest BCUT2D eigenvalue weighted by atomic mass is 127. The molecule has 5 heteroatoms. The summed E-state index contributed by atoms with van der Waals surface area (Å²) in [6.45, 7) is 7.06. The van der Waals surface area contributed by atoms with Crippen molar-refractivity contribution in [3.8, 4) is 0 Å². The van der Waals surface area contributed by atoms with E-state index in [2.05, 4.69) is 36.1 Å². The first-order valence-electron chi connectivity index (χ1n) is 6.94. The van der Waals surface area contributed by atoms with E-state index in [1.807, 2.05) is 24.3 Å². The lowest BCUT2D eigenvalue weighted by Crippen LogP contribution is -2.26. The number of likely N-dealkylation sites (N-methyl/N-ethyl adjacent to an activating group) is 1. The molecule has 4 nitrogen and oxygen atoms in total. The summed E-state index contributed by atoms with van der Waals surface area (Å²) in [5, 5.41) is 3.10. The number of nitrogens with zero attached hydrogens (tertiary/aromatic N) is 2. The highest BCUT2D eigenvalue weighted by molar-refractivity contribution is 14.0. The van der Waals surface area contributed by atoms with Gasteiger partial charge in [0.2, 0.25) is 0 Å². The van der Waals surface area contributed by atoms with Crippen LogP contribution >= 0.6 is 24.0 Å². The van der Waals surface area contributed by atoms with Crippen molar-refractivity contribution in [1.82, 2.24) is 4.90 Å². The van der Waals surface area contributed by atoms with E-state index in [1.54, 1.807) is 0 Å². The summed E-state index contributed by atoms with van der Waals surface area (Å²) in [6, 6.07) is 8.11. The molecule has 0 atom stereocenters. The van der Waals surface area contributed by atoms with Crippen LogP contribution in [-0.4, -0.2) is 37.5 Å². The van der Waals surface area contributed by atoms with Gasteiger partial charge in [-0.3, -0.25) is 4.99 Å². The van der Waals surface area contributed by atoms with E-state index in [0.29, 0.717) is 5.96 Å². The van der Waals surface area contributed by atoms with Crippen LogP contribution in [0.15, 0.2) is 29.3 Å². The molecule has 0 bridgehead atoms. The van der Waals surface area contributed by atoms with Gasteiger partial charge in [-0.1, -0.05) is 31.0 Å². The molecule has 0 saturated heterocycles. The molecule has 114 valence electrons. The Bertz CT molecular complexity index is 389. The standard InChI is InChI=1S/C15H26N4.HI/c1-4-5-11-19(3)12-10-17-15(16)18-14-8-6-13(2)7-9-14;/h6-9H,4-5,10-12H2,1-3H3,(H3,16,17,18);1H. The van der Waals surface area contributed by atoms with Gasteiger partial charge in [-0.15, -0.1) is 24.0 Å². The summed E-state index contributed by atoms with van der Waals surface area (Å²) in [5.41, 5.74) is 8.06. The predicted octanol–water partition coefficient (Wildman–Crippen LogP) is 3.07. The number of aliphatic imine (C=N–C) groups is 1. The average Bonchev–Trinajstić information content (AvgIpc) is 2.39. The van der Waals surface area contributed by atoms with Crippen molar-refractivity contribution in [3.63, 3.8) is 0 Å². The summed E-state index contributed by atoms with van der Waals surface area (Å²) >= 11 is 0. The number of rotatable bonds is 7. The second-order valence-electron chi connectivity index (χ2n) is 4.91. The first-order chi connectivity index (χ1) is 9.11. The van der Waals surface area contributed by atoms with Crippen LogP contribution in [0.2, 0.25) is 0 Å². The maximum absolute atomic E-state index is 5.85. The molecular formula is C15H27IN4. The van der Waals surface area contributed by atoms with E-state index in [9.17, 15) is 0 Å². The molecule has 0 spiro atoms. The van der Waals surface area contributed by atoms with Gasteiger partial charge >= 0.3 is 0 Å². The lowest BCUT2D eigenvalue weighted by Gasteiger charge is -2.14. The van der Waals surface area contributed by atoms with Crippen LogP contribution in [0, 0.1) is 6.92 Å². The molecule has 0 aliphatic heterocycles. The van der Waals surface area contributed by atoms with E-state index >= 15 is 0 Å². The normalized spacial score (nSPS) is 11.3. The van der Waals surface area contributed by atoms with Gasteiger partial charge in [-0.05, 0) is 39.1 Å². The zero-order valence-electron chi connectivity index (χ0n) is 12.7. The third-order valence-corrected chi connectivity index (χ3v) is 2.98. The minimum absolute atomic E-state index is 0. The zero-order chi connectivity index (χ0) is 14.1. The van der Waals surface area contributed by atoms with Gasteiger partial charge in [0.25, 0.3) is 0 Å². The Labute approximate surface area is 139 Å². The smallest absolute Gasteiger partial charge is 0.193 e. The van der Waals surface area contributed by atoms with Crippen molar-refractivity contribution in [2.45, 2.75) is 26.7 Å². The maximum atomic E-state index is 5.85. The minimum Gasteiger partial charge on any atom is -0.370 e. The Morgan fingerprint density at radius 3 is 2.50 bits per heavy atom. The van der Waals surface area contributed by atoms with E-state index in [0.717, 1.165) is 25.3 Å². The molecule has 0 aromatic heterocycles. The fourth-order valence-electron chi connectivity index (χ4n) is 1.71. The summed E-state index contributed by atoms with van der Waals surface area (Å²) in [7, 11) is 2.12. The Hall–Kier alpha value is -0.820. The molecule has 0 aliphatic carbocycles. The lowest BCUT2D eigenvalue weighted by molar-refractivity contribution is 0.337. The number of anilines is 1. The molecule has 0 fully saturated rings. The molecule has 1 aromatic carbocycles. The highest BCUT2D eigenvalue weighted by Crippen LogP contribution is 2.07. The Morgan fingerprint density at radius 1 is 1.25 bits per heavy atom. The number of hydrogen-bond donors (Lipinski definition) is 2. The zero-order valence-corrected chi connectivity index (χ0v) is 15.1. The largest absolute Gasteiger partial charge is 0.370 e. The van der Waals surface area contributed by atoms with Gasteiger partial charge in [0.15, 0.2) is 5.96 Å².